The molecule has 1 N–H and O–H groups in total. The molecule has 0 spiro atoms. The quantitative estimate of drug-likeness (QED) is 0.833. The molecule has 1 saturated carbocycles. The van der Waals surface area contributed by atoms with E-state index in [1.165, 1.54) is 11.8 Å². The molecule has 1 fully saturated rings. The highest BCUT2D eigenvalue weighted by atomic mass is 32.2. The Kier molecular flexibility index (Phi) is 4.21. The molecule has 5 heteroatoms. The average molecular weight is 252 g/mol. The van der Waals surface area contributed by atoms with Crippen LogP contribution in [0.2, 0.25) is 0 Å². The van der Waals surface area contributed by atoms with Crippen molar-refractivity contribution >= 4 is 17.7 Å². The Hall–Kier alpha value is -0.320. The molecular formula is C11H18F2O2S. The second kappa shape index (κ2) is 4.90. The third-order valence-electron chi connectivity index (χ3n) is 3.09. The summed E-state index contributed by atoms with van der Waals surface area (Å²) in [4.78, 5) is 11.2. The molecule has 0 aliphatic heterocycles. The highest BCUT2D eigenvalue weighted by molar-refractivity contribution is 7.99. The number of alkyl halides is 2. The van der Waals surface area contributed by atoms with Crippen LogP contribution in [0.3, 0.4) is 0 Å². The van der Waals surface area contributed by atoms with Crippen LogP contribution in [-0.4, -0.2) is 28.0 Å². The molecule has 1 aliphatic carbocycles. The summed E-state index contributed by atoms with van der Waals surface area (Å²) in [5, 5.41) is 9.55. The van der Waals surface area contributed by atoms with E-state index < -0.39 is 17.3 Å². The first-order chi connectivity index (χ1) is 7.27. The summed E-state index contributed by atoms with van der Waals surface area (Å²) < 4.78 is 26.0. The van der Waals surface area contributed by atoms with Crippen LogP contribution in [0.25, 0.3) is 0 Å². The Bertz CT molecular complexity index is 251. The summed E-state index contributed by atoms with van der Waals surface area (Å²) in [5.41, 5.74) is -0.934. The van der Waals surface area contributed by atoms with E-state index in [2.05, 4.69) is 0 Å². The van der Waals surface area contributed by atoms with Gasteiger partial charge in [-0.1, -0.05) is 13.8 Å². The lowest BCUT2D eigenvalue weighted by molar-refractivity contribution is -0.154. The zero-order chi connectivity index (χ0) is 12.4. The molecule has 1 rings (SSSR count). The molecular weight excluding hydrogens is 234 g/mol. The predicted molar refractivity (Wildman–Crippen MR) is 61.1 cm³/mol. The zero-order valence-corrected chi connectivity index (χ0v) is 10.4. The van der Waals surface area contributed by atoms with Crippen LogP contribution in [0.5, 0.6) is 0 Å². The van der Waals surface area contributed by atoms with Crippen molar-refractivity contribution in [2.45, 2.75) is 50.7 Å². The van der Waals surface area contributed by atoms with E-state index in [9.17, 15) is 18.7 Å². The molecule has 0 aromatic heterocycles. The van der Waals surface area contributed by atoms with E-state index in [1.807, 2.05) is 13.8 Å². The van der Waals surface area contributed by atoms with Gasteiger partial charge in [-0.15, -0.1) is 0 Å². The van der Waals surface area contributed by atoms with E-state index in [1.54, 1.807) is 0 Å². The van der Waals surface area contributed by atoms with Crippen molar-refractivity contribution in [1.82, 2.24) is 0 Å². The highest BCUT2D eigenvalue weighted by Crippen LogP contribution is 2.45. The lowest BCUT2D eigenvalue weighted by Crippen LogP contribution is -2.41. The monoisotopic (exact) mass is 252 g/mol. The summed E-state index contributed by atoms with van der Waals surface area (Å²) in [5.74, 6) is -3.14. The molecule has 0 amide bonds. The molecule has 0 bridgehead atoms. The fraction of sp³-hybridized carbons (Fsp3) is 0.909. The average Bonchev–Trinajstić information content (AvgIpc) is 2.16. The molecule has 0 aromatic rings. The lowest BCUT2D eigenvalue weighted by atomic mass is 9.74. The molecule has 94 valence electrons. The van der Waals surface area contributed by atoms with E-state index in [0.29, 0.717) is 11.0 Å². The maximum absolute atomic E-state index is 13.0. The molecule has 0 heterocycles. The molecule has 0 unspecified atom stereocenters. The van der Waals surface area contributed by atoms with Crippen molar-refractivity contribution in [2.24, 2.45) is 5.41 Å². The van der Waals surface area contributed by atoms with Crippen molar-refractivity contribution in [2.75, 3.05) is 5.75 Å². The Morgan fingerprint density at radius 2 is 1.81 bits per heavy atom. The zero-order valence-electron chi connectivity index (χ0n) is 9.63. The SMILES string of the molecule is CC(C)SCC1(C(=O)O)CCC(F)(F)CC1. The number of halogens is 2. The van der Waals surface area contributed by atoms with Gasteiger partial charge < -0.3 is 5.11 Å². The van der Waals surface area contributed by atoms with Crippen LogP contribution in [0.4, 0.5) is 8.78 Å². The van der Waals surface area contributed by atoms with Crippen molar-refractivity contribution in [3.63, 3.8) is 0 Å². The standard InChI is InChI=1S/C11H18F2O2S/c1-8(2)16-7-10(9(14)15)3-5-11(12,13)6-4-10/h8H,3-7H2,1-2H3,(H,14,15). The van der Waals surface area contributed by atoms with Crippen molar-refractivity contribution in [3.05, 3.63) is 0 Å². The van der Waals surface area contributed by atoms with E-state index in [4.69, 9.17) is 0 Å². The second-order valence-electron chi connectivity index (χ2n) is 4.80. The normalized spacial score (nSPS) is 23.3. The number of carbonyl (C=O) groups is 1. The predicted octanol–water partition coefficient (Wildman–Crippen LogP) is 3.41. The van der Waals surface area contributed by atoms with Gasteiger partial charge in [-0.25, -0.2) is 8.78 Å². The Labute approximate surface area is 98.8 Å². The maximum atomic E-state index is 13.0. The van der Waals surface area contributed by atoms with E-state index in [-0.39, 0.29) is 25.7 Å². The first-order valence-corrected chi connectivity index (χ1v) is 6.55. The Morgan fingerprint density at radius 1 is 1.31 bits per heavy atom. The number of carboxylic acid groups (broad SMARTS) is 1. The molecule has 0 saturated heterocycles. The first kappa shape index (κ1) is 13.7. The summed E-state index contributed by atoms with van der Waals surface area (Å²) >= 11 is 1.54. The summed E-state index contributed by atoms with van der Waals surface area (Å²) in [6.07, 6.45) is -0.403. The summed E-state index contributed by atoms with van der Waals surface area (Å²) in [7, 11) is 0. The minimum Gasteiger partial charge on any atom is -0.481 e. The molecule has 16 heavy (non-hydrogen) atoms. The van der Waals surface area contributed by atoms with Gasteiger partial charge in [0.1, 0.15) is 0 Å². The summed E-state index contributed by atoms with van der Waals surface area (Å²) in [6.45, 7) is 3.97. The van der Waals surface area contributed by atoms with Crippen LogP contribution in [0.15, 0.2) is 0 Å². The van der Waals surface area contributed by atoms with Crippen LogP contribution in [0.1, 0.15) is 39.5 Å². The number of thioether (sulfide) groups is 1. The highest BCUT2D eigenvalue weighted by Gasteiger charge is 2.47. The first-order valence-electron chi connectivity index (χ1n) is 5.50. The largest absolute Gasteiger partial charge is 0.481 e. The number of rotatable bonds is 4. The molecule has 0 aromatic carbocycles. The van der Waals surface area contributed by atoms with Crippen LogP contribution in [0, 0.1) is 5.41 Å². The van der Waals surface area contributed by atoms with Gasteiger partial charge in [-0.05, 0) is 18.1 Å². The van der Waals surface area contributed by atoms with Gasteiger partial charge in [0, 0.05) is 18.6 Å². The van der Waals surface area contributed by atoms with Crippen molar-refractivity contribution in [3.8, 4) is 0 Å². The minimum absolute atomic E-state index is 0.0923. The smallest absolute Gasteiger partial charge is 0.310 e. The number of carboxylic acids is 1. The third kappa shape index (κ3) is 3.34. The van der Waals surface area contributed by atoms with Gasteiger partial charge in [0.25, 0.3) is 0 Å². The summed E-state index contributed by atoms with van der Waals surface area (Å²) in [6, 6.07) is 0. The van der Waals surface area contributed by atoms with Gasteiger partial charge in [-0.2, -0.15) is 11.8 Å². The molecule has 1 aliphatic rings. The van der Waals surface area contributed by atoms with Gasteiger partial charge in [0.15, 0.2) is 0 Å². The fourth-order valence-electron chi connectivity index (χ4n) is 1.84. The van der Waals surface area contributed by atoms with Crippen LogP contribution in [-0.2, 0) is 4.79 Å². The van der Waals surface area contributed by atoms with Gasteiger partial charge in [-0.3, -0.25) is 4.79 Å². The van der Waals surface area contributed by atoms with Gasteiger partial charge in [0.2, 0.25) is 5.92 Å². The molecule has 0 atom stereocenters. The van der Waals surface area contributed by atoms with Gasteiger partial charge in [0.05, 0.1) is 5.41 Å². The van der Waals surface area contributed by atoms with Crippen molar-refractivity contribution < 1.29 is 18.7 Å². The Morgan fingerprint density at radius 3 is 2.19 bits per heavy atom. The second-order valence-corrected chi connectivity index (χ2v) is 6.37. The lowest BCUT2D eigenvalue weighted by Gasteiger charge is -2.36. The van der Waals surface area contributed by atoms with Crippen molar-refractivity contribution in [1.29, 1.82) is 0 Å². The third-order valence-corrected chi connectivity index (χ3v) is 4.47. The fourth-order valence-corrected chi connectivity index (χ4v) is 2.90. The topological polar surface area (TPSA) is 37.3 Å². The number of hydrogen-bond acceptors (Lipinski definition) is 2. The van der Waals surface area contributed by atoms with Crippen LogP contribution >= 0.6 is 11.8 Å². The minimum atomic E-state index is -2.67. The van der Waals surface area contributed by atoms with E-state index in [0.717, 1.165) is 0 Å². The number of aliphatic carboxylic acids is 1. The maximum Gasteiger partial charge on any atom is 0.310 e. The molecule has 2 nitrogen and oxygen atoms in total. The molecule has 0 radical (unpaired) electrons. The Balaban J connectivity index is 2.65. The van der Waals surface area contributed by atoms with Gasteiger partial charge >= 0.3 is 5.97 Å². The number of hydrogen-bond donors (Lipinski definition) is 1. The van der Waals surface area contributed by atoms with E-state index >= 15 is 0 Å². The van der Waals surface area contributed by atoms with Crippen LogP contribution < -0.4 is 0 Å².